The summed E-state index contributed by atoms with van der Waals surface area (Å²) < 4.78 is 39.9. The molecule has 182 valence electrons. The monoisotopic (exact) mass is 498 g/mol. The zero-order valence-corrected chi connectivity index (χ0v) is 18.7. The van der Waals surface area contributed by atoms with Crippen LogP contribution in [0.15, 0.2) is 45.1 Å². The highest BCUT2D eigenvalue weighted by atomic mass is 32.2. The van der Waals surface area contributed by atoms with Crippen LogP contribution in [0.2, 0.25) is 0 Å². The van der Waals surface area contributed by atoms with Crippen LogP contribution in [0.25, 0.3) is 0 Å². The van der Waals surface area contributed by atoms with Gasteiger partial charge in [0.05, 0.1) is 12.3 Å². The summed E-state index contributed by atoms with van der Waals surface area (Å²) in [6.07, 6.45) is -4.38. The maximum Gasteiger partial charge on any atom is 0.453 e. The SMILES string of the molecule is CCCN(C(=O)CSc1nnc(C(F)(F)F)n1N)c1c(N)n(Cc2ccccc2)c(=O)[nH]c1=O. The molecular weight excluding hydrogens is 477 g/mol. The third kappa shape index (κ3) is 5.24. The number of nitrogens with two attached hydrogens (primary N) is 2. The standard InChI is InChI=1S/C19H21F3N8O3S/c1-2-8-28(12(31)10-34-18-27-26-16(30(18)24)19(20,21)22)13-14(23)29(17(33)25-15(13)32)9-11-6-4-3-5-7-11/h3-7H,2,8-10,23-24H2,1H3,(H,25,32,33). The number of alkyl halides is 3. The van der Waals surface area contributed by atoms with Gasteiger partial charge in [0.1, 0.15) is 5.82 Å². The summed E-state index contributed by atoms with van der Waals surface area (Å²) in [6, 6.07) is 8.87. The Labute approximate surface area is 194 Å². The second kappa shape index (κ2) is 10.0. The van der Waals surface area contributed by atoms with Crippen LogP contribution in [0, 0.1) is 0 Å². The number of aromatic nitrogens is 5. The van der Waals surface area contributed by atoms with Crippen LogP contribution in [-0.4, -0.2) is 42.6 Å². The molecule has 0 spiro atoms. The van der Waals surface area contributed by atoms with Crippen molar-refractivity contribution in [2.45, 2.75) is 31.2 Å². The number of aromatic amines is 1. The van der Waals surface area contributed by atoms with Crippen LogP contribution in [0.5, 0.6) is 0 Å². The average molecular weight is 498 g/mol. The third-order valence-electron chi connectivity index (χ3n) is 4.66. The van der Waals surface area contributed by atoms with Crippen molar-refractivity contribution in [2.24, 2.45) is 0 Å². The van der Waals surface area contributed by atoms with E-state index in [1.54, 1.807) is 37.3 Å². The first-order valence-corrected chi connectivity index (χ1v) is 10.9. The summed E-state index contributed by atoms with van der Waals surface area (Å²) in [5.41, 5.74) is 5.06. The number of carbonyl (C=O) groups excluding carboxylic acids is 1. The molecular formula is C19H21F3N8O3S. The second-order valence-corrected chi connectivity index (χ2v) is 8.02. The molecule has 0 saturated carbocycles. The molecule has 11 nitrogen and oxygen atoms in total. The van der Waals surface area contributed by atoms with Crippen molar-refractivity contribution >= 4 is 29.2 Å². The Morgan fingerprint density at radius 3 is 2.47 bits per heavy atom. The van der Waals surface area contributed by atoms with Gasteiger partial charge in [-0.25, -0.2) is 9.47 Å². The number of nitrogen functional groups attached to an aromatic ring is 2. The molecule has 0 radical (unpaired) electrons. The van der Waals surface area contributed by atoms with E-state index in [4.69, 9.17) is 11.6 Å². The number of H-pyrrole nitrogens is 1. The Morgan fingerprint density at radius 1 is 1.21 bits per heavy atom. The van der Waals surface area contributed by atoms with Gasteiger partial charge in [-0.05, 0) is 12.0 Å². The number of hydrogen-bond acceptors (Lipinski definition) is 8. The van der Waals surface area contributed by atoms with Gasteiger partial charge in [0.15, 0.2) is 5.69 Å². The highest BCUT2D eigenvalue weighted by Gasteiger charge is 2.38. The van der Waals surface area contributed by atoms with Crippen LogP contribution >= 0.6 is 11.8 Å². The Bertz CT molecular complexity index is 1290. The fraction of sp³-hybridized carbons (Fsp3) is 0.316. The van der Waals surface area contributed by atoms with E-state index in [2.05, 4.69) is 15.2 Å². The number of hydrogen-bond donors (Lipinski definition) is 3. The molecule has 0 saturated heterocycles. The van der Waals surface area contributed by atoms with Gasteiger partial charge >= 0.3 is 11.9 Å². The average Bonchev–Trinajstić information content (AvgIpc) is 3.15. The first-order valence-electron chi connectivity index (χ1n) is 9.92. The summed E-state index contributed by atoms with van der Waals surface area (Å²) in [7, 11) is 0. The molecule has 1 amide bonds. The van der Waals surface area contributed by atoms with Crippen LogP contribution in [0.1, 0.15) is 24.7 Å². The van der Waals surface area contributed by atoms with Crippen LogP contribution in [-0.2, 0) is 17.5 Å². The molecule has 1 aromatic carbocycles. The first-order chi connectivity index (χ1) is 16.0. The topological polar surface area (TPSA) is 158 Å². The minimum absolute atomic E-state index is 0.0503. The number of rotatable bonds is 8. The molecule has 2 heterocycles. The fourth-order valence-corrected chi connectivity index (χ4v) is 3.85. The van der Waals surface area contributed by atoms with Crippen molar-refractivity contribution in [2.75, 3.05) is 28.8 Å². The van der Waals surface area contributed by atoms with Gasteiger partial charge in [0, 0.05) is 6.54 Å². The van der Waals surface area contributed by atoms with Crippen LogP contribution in [0.4, 0.5) is 24.7 Å². The first kappa shape index (κ1) is 24.9. The van der Waals surface area contributed by atoms with Crippen molar-refractivity contribution in [3.8, 4) is 0 Å². The number of benzene rings is 1. The maximum absolute atomic E-state index is 13.0. The summed E-state index contributed by atoms with van der Waals surface area (Å²) >= 11 is 0.614. The Hall–Kier alpha value is -3.75. The molecule has 34 heavy (non-hydrogen) atoms. The van der Waals surface area contributed by atoms with E-state index in [1.807, 2.05) is 0 Å². The van der Waals surface area contributed by atoms with Crippen molar-refractivity contribution in [1.82, 2.24) is 24.4 Å². The van der Waals surface area contributed by atoms with Gasteiger partial charge in [-0.2, -0.15) is 13.2 Å². The second-order valence-electron chi connectivity index (χ2n) is 7.07. The molecule has 0 atom stereocenters. The lowest BCUT2D eigenvalue weighted by molar-refractivity contribution is -0.146. The minimum atomic E-state index is -4.81. The highest BCUT2D eigenvalue weighted by Crippen LogP contribution is 2.29. The summed E-state index contributed by atoms with van der Waals surface area (Å²) in [4.78, 5) is 41.2. The molecule has 15 heteroatoms. The molecule has 0 fully saturated rings. The number of carbonyl (C=O) groups is 1. The van der Waals surface area contributed by atoms with Gasteiger partial charge in [0.2, 0.25) is 11.1 Å². The Balaban J connectivity index is 1.90. The molecule has 5 N–H and O–H groups in total. The van der Waals surface area contributed by atoms with E-state index in [0.717, 1.165) is 15.0 Å². The Kier molecular flexibility index (Phi) is 7.34. The van der Waals surface area contributed by atoms with Crippen molar-refractivity contribution in [3.63, 3.8) is 0 Å². The van der Waals surface area contributed by atoms with Crippen molar-refractivity contribution in [1.29, 1.82) is 0 Å². The van der Waals surface area contributed by atoms with Crippen molar-refractivity contribution in [3.05, 3.63) is 62.6 Å². The van der Waals surface area contributed by atoms with E-state index in [1.165, 1.54) is 0 Å². The zero-order chi connectivity index (χ0) is 25.0. The van der Waals surface area contributed by atoms with E-state index < -0.39 is 34.9 Å². The number of nitrogens with one attached hydrogen (secondary N) is 1. The lowest BCUT2D eigenvalue weighted by Crippen LogP contribution is -2.42. The highest BCUT2D eigenvalue weighted by molar-refractivity contribution is 7.99. The molecule has 0 aliphatic carbocycles. The molecule has 0 aliphatic heterocycles. The number of halogens is 3. The minimum Gasteiger partial charge on any atom is -0.383 e. The largest absolute Gasteiger partial charge is 0.453 e. The summed E-state index contributed by atoms with van der Waals surface area (Å²) in [5, 5.41) is 6.02. The van der Waals surface area contributed by atoms with Crippen LogP contribution in [0.3, 0.4) is 0 Å². The number of nitrogens with zero attached hydrogens (tertiary/aromatic N) is 5. The third-order valence-corrected chi connectivity index (χ3v) is 5.59. The molecule has 0 bridgehead atoms. The molecule has 3 rings (SSSR count). The number of amides is 1. The molecule has 0 unspecified atom stereocenters. The van der Waals surface area contributed by atoms with Gasteiger partial charge in [-0.1, -0.05) is 49.0 Å². The fourth-order valence-electron chi connectivity index (χ4n) is 3.12. The number of thioether (sulfide) groups is 1. The van der Waals surface area contributed by atoms with E-state index >= 15 is 0 Å². The van der Waals surface area contributed by atoms with Gasteiger partial charge in [-0.15, -0.1) is 10.2 Å². The molecule has 2 aromatic heterocycles. The Morgan fingerprint density at radius 2 is 1.88 bits per heavy atom. The van der Waals surface area contributed by atoms with E-state index in [-0.39, 0.29) is 34.4 Å². The molecule has 3 aromatic rings. The normalized spacial score (nSPS) is 11.5. The van der Waals surface area contributed by atoms with Crippen molar-refractivity contribution < 1.29 is 18.0 Å². The van der Waals surface area contributed by atoms with Gasteiger partial charge in [0.25, 0.3) is 11.4 Å². The van der Waals surface area contributed by atoms with E-state index in [0.29, 0.717) is 18.2 Å². The smallest absolute Gasteiger partial charge is 0.383 e. The zero-order valence-electron chi connectivity index (χ0n) is 17.9. The summed E-state index contributed by atoms with van der Waals surface area (Å²) in [5.74, 6) is 2.70. The predicted molar refractivity (Wildman–Crippen MR) is 120 cm³/mol. The lowest BCUT2D eigenvalue weighted by atomic mass is 10.2. The van der Waals surface area contributed by atoms with Gasteiger partial charge in [-0.3, -0.25) is 19.1 Å². The predicted octanol–water partition coefficient (Wildman–Crippen LogP) is 1.03. The number of anilines is 2. The molecule has 0 aliphatic rings. The van der Waals surface area contributed by atoms with Gasteiger partial charge < -0.3 is 16.5 Å². The summed E-state index contributed by atoms with van der Waals surface area (Å²) in [6.45, 7) is 1.87. The van der Waals surface area contributed by atoms with Crippen LogP contribution < -0.4 is 27.7 Å². The maximum atomic E-state index is 13.0. The lowest BCUT2D eigenvalue weighted by Gasteiger charge is -2.24. The quantitative estimate of drug-likeness (QED) is 0.307. The van der Waals surface area contributed by atoms with E-state index in [9.17, 15) is 27.6 Å².